The van der Waals surface area contributed by atoms with Crippen LogP contribution in [-0.2, 0) is 24.2 Å². The summed E-state index contributed by atoms with van der Waals surface area (Å²) in [6.07, 6.45) is 7.74. The standard InChI is InChI=1S/C32H33N3O7/c1-4-5-9-31-34-18-24(14-22(32(36)37)13-21-15-29-30(42-20-41-29)17-27(21)39-3)35(31)26-11-10-25(38-2)16-28(26)40-19-23-8-6-7-12-33-23/h6-8,10-12,14-18H,4-5,9,13,19-20H2,1-3H3,(H,36,37)/b22-14+. The Bertz CT molecular complexity index is 1580. The third-order valence-electron chi connectivity index (χ3n) is 6.88. The van der Waals surface area contributed by atoms with Crippen molar-refractivity contribution in [1.29, 1.82) is 0 Å². The van der Waals surface area contributed by atoms with Crippen molar-refractivity contribution >= 4 is 12.0 Å². The maximum absolute atomic E-state index is 12.5. The van der Waals surface area contributed by atoms with E-state index in [2.05, 4.69) is 11.9 Å². The van der Waals surface area contributed by atoms with E-state index in [0.717, 1.165) is 24.4 Å². The van der Waals surface area contributed by atoms with Gasteiger partial charge in [0, 0.05) is 42.3 Å². The van der Waals surface area contributed by atoms with Crippen LogP contribution in [0.1, 0.15) is 42.5 Å². The number of nitrogens with zero attached hydrogens (tertiary/aromatic N) is 3. The van der Waals surface area contributed by atoms with E-state index in [1.54, 1.807) is 37.7 Å². The fourth-order valence-electron chi connectivity index (χ4n) is 4.72. The monoisotopic (exact) mass is 571 g/mol. The molecule has 3 heterocycles. The van der Waals surface area contributed by atoms with Gasteiger partial charge in [-0.05, 0) is 42.8 Å². The topological polar surface area (TPSA) is 114 Å². The molecule has 218 valence electrons. The van der Waals surface area contributed by atoms with Gasteiger partial charge >= 0.3 is 5.97 Å². The predicted octanol–water partition coefficient (Wildman–Crippen LogP) is 5.65. The molecule has 0 saturated carbocycles. The highest BCUT2D eigenvalue weighted by atomic mass is 16.7. The SMILES string of the molecule is CCCCc1ncc(/C=C(\Cc2cc3c(cc2OC)OCO3)C(=O)O)n1-c1ccc(OC)cc1OCc1ccccn1. The number of aromatic nitrogens is 3. The van der Waals surface area contributed by atoms with Crippen LogP contribution in [-0.4, -0.2) is 46.6 Å². The molecule has 0 saturated heterocycles. The van der Waals surface area contributed by atoms with Gasteiger partial charge in [-0.25, -0.2) is 9.78 Å². The maximum Gasteiger partial charge on any atom is 0.331 e. The van der Waals surface area contributed by atoms with Gasteiger partial charge in [0.2, 0.25) is 6.79 Å². The second-order valence-electron chi connectivity index (χ2n) is 9.65. The van der Waals surface area contributed by atoms with Gasteiger partial charge < -0.3 is 28.8 Å². The molecule has 1 N–H and O–H groups in total. The number of ether oxygens (including phenoxy) is 5. The molecular weight excluding hydrogens is 538 g/mol. The van der Waals surface area contributed by atoms with E-state index in [-0.39, 0.29) is 25.4 Å². The second-order valence-corrected chi connectivity index (χ2v) is 9.65. The zero-order valence-electron chi connectivity index (χ0n) is 23.8. The fourth-order valence-corrected chi connectivity index (χ4v) is 4.72. The van der Waals surface area contributed by atoms with Crippen LogP contribution >= 0.6 is 0 Å². The van der Waals surface area contributed by atoms with Gasteiger partial charge in [-0.2, -0.15) is 0 Å². The fraction of sp³-hybridized carbons (Fsp3) is 0.281. The molecule has 0 unspecified atom stereocenters. The normalized spacial score (nSPS) is 12.3. The van der Waals surface area contributed by atoms with Crippen molar-refractivity contribution in [3.05, 3.63) is 89.3 Å². The van der Waals surface area contributed by atoms with Crippen LogP contribution in [0.15, 0.2) is 66.5 Å². The first-order valence-corrected chi connectivity index (χ1v) is 13.7. The van der Waals surface area contributed by atoms with Crippen molar-refractivity contribution in [2.45, 2.75) is 39.2 Å². The van der Waals surface area contributed by atoms with E-state index in [1.807, 2.05) is 41.0 Å². The summed E-state index contributed by atoms with van der Waals surface area (Å²) in [6.45, 7) is 2.47. The number of fused-ring (bicyclic) bond motifs is 1. The van der Waals surface area contributed by atoms with E-state index < -0.39 is 5.97 Å². The van der Waals surface area contributed by atoms with E-state index >= 15 is 0 Å². The molecule has 1 aliphatic rings. The van der Waals surface area contributed by atoms with Crippen molar-refractivity contribution in [2.24, 2.45) is 0 Å². The summed E-state index contributed by atoms with van der Waals surface area (Å²) in [7, 11) is 3.13. The Labute approximate surface area is 244 Å². The van der Waals surface area contributed by atoms with Gasteiger partial charge in [-0.1, -0.05) is 19.4 Å². The molecule has 0 radical (unpaired) electrons. The Kier molecular flexibility index (Phi) is 8.91. The van der Waals surface area contributed by atoms with Crippen LogP contribution in [0.25, 0.3) is 11.8 Å². The maximum atomic E-state index is 12.5. The highest BCUT2D eigenvalue weighted by molar-refractivity contribution is 5.92. The van der Waals surface area contributed by atoms with E-state index in [0.29, 0.717) is 52.1 Å². The number of pyridine rings is 1. The molecule has 4 aromatic rings. The number of aliphatic carboxylic acids is 1. The zero-order chi connectivity index (χ0) is 29.5. The molecule has 5 rings (SSSR count). The van der Waals surface area contributed by atoms with E-state index in [4.69, 9.17) is 28.7 Å². The Hall–Kier alpha value is -4.99. The molecule has 0 fully saturated rings. The van der Waals surface area contributed by atoms with Crippen molar-refractivity contribution in [3.8, 4) is 34.4 Å². The molecule has 0 bridgehead atoms. The van der Waals surface area contributed by atoms with Crippen LogP contribution in [0.2, 0.25) is 0 Å². The summed E-state index contributed by atoms with van der Waals surface area (Å²) in [6, 6.07) is 14.7. The van der Waals surface area contributed by atoms with Gasteiger partial charge in [0.25, 0.3) is 0 Å². The molecule has 2 aromatic heterocycles. The van der Waals surface area contributed by atoms with Gasteiger partial charge in [-0.3, -0.25) is 9.55 Å². The van der Waals surface area contributed by atoms with Crippen LogP contribution in [0.3, 0.4) is 0 Å². The Balaban J connectivity index is 1.57. The first kappa shape index (κ1) is 28.5. The van der Waals surface area contributed by atoms with Crippen LogP contribution in [0.5, 0.6) is 28.7 Å². The number of hydrogen-bond donors (Lipinski definition) is 1. The number of imidazole rings is 1. The summed E-state index contributed by atoms with van der Waals surface area (Å²) >= 11 is 0. The van der Waals surface area contributed by atoms with Crippen molar-refractivity contribution in [2.75, 3.05) is 21.0 Å². The molecule has 10 nitrogen and oxygen atoms in total. The number of hydrogen-bond acceptors (Lipinski definition) is 8. The predicted molar refractivity (Wildman–Crippen MR) is 156 cm³/mol. The third-order valence-corrected chi connectivity index (χ3v) is 6.88. The molecule has 0 aliphatic carbocycles. The number of unbranched alkanes of at least 4 members (excludes halogenated alkanes) is 1. The Morgan fingerprint density at radius 1 is 1.05 bits per heavy atom. The lowest BCUT2D eigenvalue weighted by atomic mass is 10.0. The molecule has 0 amide bonds. The summed E-state index contributed by atoms with van der Waals surface area (Å²) < 4.78 is 30.2. The summed E-state index contributed by atoms with van der Waals surface area (Å²) in [5.41, 5.74) is 2.91. The smallest absolute Gasteiger partial charge is 0.331 e. The molecule has 0 atom stereocenters. The zero-order valence-corrected chi connectivity index (χ0v) is 23.8. The van der Waals surface area contributed by atoms with E-state index in [1.165, 1.54) is 7.11 Å². The summed E-state index contributed by atoms with van der Waals surface area (Å²) in [4.78, 5) is 21.6. The largest absolute Gasteiger partial charge is 0.497 e. The minimum Gasteiger partial charge on any atom is -0.497 e. The lowest BCUT2D eigenvalue weighted by Crippen LogP contribution is -2.09. The quantitative estimate of drug-likeness (QED) is 0.204. The van der Waals surface area contributed by atoms with Crippen LogP contribution in [0, 0.1) is 0 Å². The average Bonchev–Trinajstić information content (AvgIpc) is 3.64. The lowest BCUT2D eigenvalue weighted by molar-refractivity contribution is -0.132. The van der Waals surface area contributed by atoms with Crippen LogP contribution < -0.4 is 23.7 Å². The molecule has 0 spiro atoms. The minimum atomic E-state index is -1.06. The molecule has 1 aliphatic heterocycles. The van der Waals surface area contributed by atoms with Gasteiger partial charge in [0.1, 0.15) is 29.7 Å². The molecule has 2 aromatic carbocycles. The molecule has 10 heteroatoms. The molecular formula is C32H33N3O7. The second kappa shape index (κ2) is 13.1. The highest BCUT2D eigenvalue weighted by Gasteiger charge is 2.22. The highest BCUT2D eigenvalue weighted by Crippen LogP contribution is 2.39. The van der Waals surface area contributed by atoms with Crippen molar-refractivity contribution in [3.63, 3.8) is 0 Å². The van der Waals surface area contributed by atoms with Gasteiger partial charge in [-0.15, -0.1) is 0 Å². The average molecular weight is 572 g/mol. The number of carboxylic acids is 1. The number of carboxylic acid groups (broad SMARTS) is 1. The first-order chi connectivity index (χ1) is 20.5. The Morgan fingerprint density at radius 3 is 2.60 bits per heavy atom. The summed E-state index contributed by atoms with van der Waals surface area (Å²) in [5, 5.41) is 10.3. The van der Waals surface area contributed by atoms with Crippen molar-refractivity contribution < 1.29 is 33.6 Å². The third kappa shape index (κ3) is 6.33. The van der Waals surface area contributed by atoms with Gasteiger partial charge in [0.15, 0.2) is 11.5 Å². The van der Waals surface area contributed by atoms with Crippen LogP contribution in [0.4, 0.5) is 0 Å². The van der Waals surface area contributed by atoms with Gasteiger partial charge in [0.05, 0.1) is 37.5 Å². The van der Waals surface area contributed by atoms with E-state index in [9.17, 15) is 9.90 Å². The number of rotatable bonds is 13. The number of methoxy groups -OCH3 is 2. The minimum absolute atomic E-state index is 0.0935. The number of carbonyl (C=O) groups is 1. The number of benzene rings is 2. The first-order valence-electron chi connectivity index (χ1n) is 13.7. The Morgan fingerprint density at radius 2 is 1.88 bits per heavy atom. The number of aryl methyl sites for hydroxylation is 1. The molecule has 42 heavy (non-hydrogen) atoms. The lowest BCUT2D eigenvalue weighted by Gasteiger charge is -2.17. The van der Waals surface area contributed by atoms with Crippen molar-refractivity contribution in [1.82, 2.24) is 14.5 Å². The summed E-state index contributed by atoms with van der Waals surface area (Å²) in [5.74, 6) is 2.55.